The third-order valence-electron chi connectivity index (χ3n) is 7.02. The summed E-state index contributed by atoms with van der Waals surface area (Å²) in [6.45, 7) is 5.16. The third-order valence-corrected chi connectivity index (χ3v) is 8.87. The van der Waals surface area contributed by atoms with Crippen molar-refractivity contribution in [1.82, 2.24) is 9.21 Å². The number of hydrogen-bond donors (Lipinski definition) is 1. The first-order valence-electron chi connectivity index (χ1n) is 12.6. The van der Waals surface area contributed by atoms with E-state index in [9.17, 15) is 13.2 Å². The van der Waals surface area contributed by atoms with E-state index in [0.717, 1.165) is 17.8 Å². The molecule has 1 N–H and O–H groups in total. The third kappa shape index (κ3) is 6.30. The highest BCUT2D eigenvalue weighted by molar-refractivity contribution is 7.89. The molecule has 8 heteroatoms. The Morgan fingerprint density at radius 1 is 1.00 bits per heavy atom. The fraction of sp³-hybridized carbons (Fsp3) is 0.519. The van der Waals surface area contributed by atoms with E-state index in [2.05, 4.69) is 23.3 Å². The molecule has 2 fully saturated rings. The predicted molar refractivity (Wildman–Crippen MR) is 138 cm³/mol. The van der Waals surface area contributed by atoms with E-state index < -0.39 is 10.0 Å². The van der Waals surface area contributed by atoms with Crippen LogP contribution in [0.15, 0.2) is 53.4 Å². The van der Waals surface area contributed by atoms with Crippen LogP contribution in [-0.4, -0.2) is 61.9 Å². The molecule has 2 atom stereocenters. The van der Waals surface area contributed by atoms with Crippen LogP contribution < -0.4 is 5.32 Å². The summed E-state index contributed by atoms with van der Waals surface area (Å²) in [6, 6.07) is 14.6. The van der Waals surface area contributed by atoms with Gasteiger partial charge in [0, 0.05) is 36.9 Å². The average molecular weight is 500 g/mol. The topological polar surface area (TPSA) is 79.0 Å². The number of carbonyl (C=O) groups is 1. The standard InChI is InChI=1S/C27H37N3O4S/c1-20-17-30(18-21(2)34-20)35(32,33)25-15-13-22(14-16-25)27(31)28-26-12-8-7-9-23(26)19-29(3)24-10-5-4-6-11-24/h7-9,12-16,20-21,24H,4-6,10-11,17-19H2,1-3H3,(H,28,31)/t20-,21-/m0/s1. The molecule has 1 aliphatic carbocycles. The molecule has 0 radical (unpaired) electrons. The van der Waals surface area contributed by atoms with Crippen LogP contribution in [0, 0.1) is 0 Å². The van der Waals surface area contributed by atoms with Gasteiger partial charge in [-0.1, -0.05) is 37.5 Å². The summed E-state index contributed by atoms with van der Waals surface area (Å²) in [5.74, 6) is -0.254. The zero-order valence-electron chi connectivity index (χ0n) is 20.9. The van der Waals surface area contributed by atoms with Gasteiger partial charge in [0.05, 0.1) is 17.1 Å². The summed E-state index contributed by atoms with van der Waals surface area (Å²) in [6.07, 6.45) is 6.02. The number of nitrogens with zero attached hydrogens (tertiary/aromatic N) is 2. The van der Waals surface area contributed by atoms with E-state index in [1.165, 1.54) is 48.5 Å². The summed E-state index contributed by atoms with van der Waals surface area (Å²) >= 11 is 0. The van der Waals surface area contributed by atoms with Gasteiger partial charge >= 0.3 is 0 Å². The molecule has 1 heterocycles. The molecule has 1 aliphatic heterocycles. The highest BCUT2D eigenvalue weighted by Gasteiger charge is 2.32. The highest BCUT2D eigenvalue weighted by Crippen LogP contribution is 2.26. The zero-order chi connectivity index (χ0) is 25.0. The minimum absolute atomic E-state index is 0.157. The van der Waals surface area contributed by atoms with Crippen molar-refractivity contribution in [2.75, 3.05) is 25.5 Å². The Balaban J connectivity index is 1.43. The first kappa shape index (κ1) is 25.8. The van der Waals surface area contributed by atoms with Crippen molar-refractivity contribution < 1.29 is 17.9 Å². The summed E-state index contributed by atoms with van der Waals surface area (Å²) in [5, 5.41) is 3.03. The molecule has 7 nitrogen and oxygen atoms in total. The number of ether oxygens (including phenoxy) is 1. The maximum Gasteiger partial charge on any atom is 0.255 e. The number of carbonyl (C=O) groups excluding carboxylic acids is 1. The Morgan fingerprint density at radius 3 is 2.29 bits per heavy atom. The second-order valence-electron chi connectivity index (χ2n) is 9.92. The van der Waals surface area contributed by atoms with Crippen LogP contribution in [-0.2, 0) is 21.3 Å². The Hall–Kier alpha value is -2.26. The molecule has 0 bridgehead atoms. The first-order chi connectivity index (χ1) is 16.7. The minimum Gasteiger partial charge on any atom is -0.373 e. The van der Waals surface area contributed by atoms with Crippen LogP contribution in [0.25, 0.3) is 0 Å². The lowest BCUT2D eigenvalue weighted by Gasteiger charge is -2.34. The Bertz CT molecular complexity index is 1100. The van der Waals surface area contributed by atoms with Crippen molar-refractivity contribution >= 4 is 21.6 Å². The van der Waals surface area contributed by atoms with Crippen LogP contribution in [0.5, 0.6) is 0 Å². The Morgan fingerprint density at radius 2 is 1.63 bits per heavy atom. The summed E-state index contributed by atoms with van der Waals surface area (Å²) < 4.78 is 33.3. The number of anilines is 1. The predicted octanol–water partition coefficient (Wildman–Crippen LogP) is 4.50. The molecule has 1 amide bonds. The van der Waals surface area contributed by atoms with E-state index in [-0.39, 0.29) is 23.0 Å². The molecular formula is C27H37N3O4S. The fourth-order valence-electron chi connectivity index (χ4n) is 5.15. The molecule has 0 unspecified atom stereocenters. The number of nitrogens with one attached hydrogen (secondary N) is 1. The lowest BCUT2D eigenvalue weighted by Crippen LogP contribution is -2.48. The molecule has 0 aromatic heterocycles. The number of sulfonamides is 1. The van der Waals surface area contributed by atoms with Gasteiger partial charge in [0.25, 0.3) is 5.91 Å². The fourth-order valence-corrected chi connectivity index (χ4v) is 6.74. The van der Waals surface area contributed by atoms with Gasteiger partial charge in [-0.2, -0.15) is 4.31 Å². The van der Waals surface area contributed by atoms with E-state index in [1.54, 1.807) is 12.1 Å². The van der Waals surface area contributed by atoms with Gasteiger partial charge in [-0.3, -0.25) is 9.69 Å². The number of benzene rings is 2. The number of morpholine rings is 1. The Kier molecular flexibility index (Phi) is 8.27. The smallest absolute Gasteiger partial charge is 0.255 e. The largest absolute Gasteiger partial charge is 0.373 e. The second kappa shape index (κ2) is 11.2. The van der Waals surface area contributed by atoms with E-state index >= 15 is 0 Å². The van der Waals surface area contributed by atoms with Crippen molar-refractivity contribution in [2.24, 2.45) is 0 Å². The van der Waals surface area contributed by atoms with E-state index in [1.807, 2.05) is 32.0 Å². The minimum atomic E-state index is -3.64. The van der Waals surface area contributed by atoms with E-state index in [4.69, 9.17) is 4.74 Å². The molecule has 1 saturated carbocycles. The normalized spacial score (nSPS) is 22.3. The molecule has 2 aromatic rings. The number of para-hydroxylation sites is 1. The number of rotatable bonds is 7. The molecule has 35 heavy (non-hydrogen) atoms. The summed E-state index contributed by atoms with van der Waals surface area (Å²) in [4.78, 5) is 15.6. The summed E-state index contributed by atoms with van der Waals surface area (Å²) in [5.41, 5.74) is 2.28. The van der Waals surface area contributed by atoms with Gasteiger partial charge in [0.1, 0.15) is 0 Å². The molecule has 2 aliphatic rings. The number of amides is 1. The summed E-state index contributed by atoms with van der Waals surface area (Å²) in [7, 11) is -1.49. The average Bonchev–Trinajstić information content (AvgIpc) is 2.85. The SMILES string of the molecule is C[C@H]1CN(S(=O)(=O)c2ccc(C(=O)Nc3ccccc3CN(C)C3CCCCC3)cc2)C[C@H](C)O1. The molecule has 1 saturated heterocycles. The first-order valence-corrected chi connectivity index (χ1v) is 14.0. The van der Waals surface area contributed by atoms with Crippen molar-refractivity contribution in [2.45, 2.75) is 75.6 Å². The van der Waals surface area contributed by atoms with Crippen LogP contribution in [0.4, 0.5) is 5.69 Å². The Labute approximate surface area is 209 Å². The van der Waals surface area contributed by atoms with Crippen LogP contribution in [0.1, 0.15) is 61.9 Å². The van der Waals surface area contributed by atoms with Crippen molar-refractivity contribution in [3.63, 3.8) is 0 Å². The van der Waals surface area contributed by atoms with Crippen molar-refractivity contribution in [3.8, 4) is 0 Å². The van der Waals surface area contributed by atoms with E-state index in [0.29, 0.717) is 24.7 Å². The van der Waals surface area contributed by atoms with Gasteiger partial charge in [-0.25, -0.2) is 8.42 Å². The molecule has 2 aromatic carbocycles. The highest BCUT2D eigenvalue weighted by atomic mass is 32.2. The van der Waals surface area contributed by atoms with Gasteiger partial charge < -0.3 is 10.1 Å². The second-order valence-corrected chi connectivity index (χ2v) is 11.9. The number of hydrogen-bond acceptors (Lipinski definition) is 5. The lowest BCUT2D eigenvalue weighted by atomic mass is 9.94. The lowest BCUT2D eigenvalue weighted by molar-refractivity contribution is -0.0440. The van der Waals surface area contributed by atoms with Gasteiger partial charge in [0.15, 0.2) is 0 Å². The van der Waals surface area contributed by atoms with Gasteiger partial charge in [-0.05, 0) is 69.6 Å². The zero-order valence-corrected chi connectivity index (χ0v) is 21.8. The maximum atomic E-state index is 13.1. The van der Waals surface area contributed by atoms with Gasteiger partial charge in [-0.15, -0.1) is 0 Å². The maximum absolute atomic E-state index is 13.1. The van der Waals surface area contributed by atoms with Crippen LogP contribution in [0.2, 0.25) is 0 Å². The molecule has 4 rings (SSSR count). The van der Waals surface area contributed by atoms with Crippen LogP contribution in [0.3, 0.4) is 0 Å². The quantitative estimate of drug-likeness (QED) is 0.607. The van der Waals surface area contributed by atoms with Crippen LogP contribution >= 0.6 is 0 Å². The van der Waals surface area contributed by atoms with Crippen molar-refractivity contribution in [1.29, 1.82) is 0 Å². The molecular weight excluding hydrogens is 462 g/mol. The van der Waals surface area contributed by atoms with Gasteiger partial charge in [0.2, 0.25) is 10.0 Å². The molecule has 0 spiro atoms. The monoisotopic (exact) mass is 499 g/mol. The van der Waals surface area contributed by atoms with Crippen molar-refractivity contribution in [3.05, 3.63) is 59.7 Å². The molecule has 190 valence electrons.